The van der Waals surface area contributed by atoms with Gasteiger partial charge < -0.3 is 19.9 Å². The number of aromatic nitrogens is 2. The molecule has 1 aromatic carbocycles. The second-order valence-corrected chi connectivity index (χ2v) is 3.97. The number of ether oxygens (including phenoxy) is 3. The Morgan fingerprint density at radius 1 is 1.28 bits per heavy atom. The summed E-state index contributed by atoms with van der Waals surface area (Å²) in [5, 5.41) is 4.13. The van der Waals surface area contributed by atoms with Gasteiger partial charge in [0.25, 0.3) is 0 Å². The smallest absolute Gasteiger partial charge is 0.231 e. The first-order chi connectivity index (χ1) is 8.70. The van der Waals surface area contributed by atoms with Gasteiger partial charge in [0.2, 0.25) is 6.79 Å². The lowest BCUT2D eigenvalue weighted by Crippen LogP contribution is -1.98. The Hall–Kier alpha value is -2.37. The van der Waals surface area contributed by atoms with Crippen molar-refractivity contribution in [3.05, 3.63) is 18.3 Å². The van der Waals surface area contributed by atoms with Crippen molar-refractivity contribution in [3.8, 4) is 28.4 Å². The van der Waals surface area contributed by atoms with Crippen molar-refractivity contribution in [3.63, 3.8) is 0 Å². The summed E-state index contributed by atoms with van der Waals surface area (Å²) < 4.78 is 17.6. The predicted octanol–water partition coefficient (Wildman–Crippen LogP) is 1.41. The zero-order valence-electron chi connectivity index (χ0n) is 10.1. The molecular weight excluding hydrogens is 234 g/mol. The third-order valence-corrected chi connectivity index (χ3v) is 2.97. The van der Waals surface area contributed by atoms with Crippen molar-refractivity contribution < 1.29 is 14.2 Å². The van der Waals surface area contributed by atoms with E-state index in [0.29, 0.717) is 23.1 Å². The zero-order chi connectivity index (χ0) is 12.7. The highest BCUT2D eigenvalue weighted by molar-refractivity contribution is 5.80. The van der Waals surface area contributed by atoms with Crippen LogP contribution < -0.4 is 19.9 Å². The predicted molar refractivity (Wildman–Crippen MR) is 65.7 cm³/mol. The van der Waals surface area contributed by atoms with Gasteiger partial charge in [-0.15, -0.1) is 0 Å². The van der Waals surface area contributed by atoms with Crippen LogP contribution in [-0.2, 0) is 7.05 Å². The molecular formula is C12H13N3O3. The maximum atomic E-state index is 5.98. The maximum Gasteiger partial charge on any atom is 0.231 e. The average molecular weight is 247 g/mol. The normalized spacial score (nSPS) is 12.8. The number of hydrogen-bond donors (Lipinski definition) is 1. The molecule has 1 aliphatic rings. The van der Waals surface area contributed by atoms with Gasteiger partial charge in [0, 0.05) is 24.2 Å². The maximum absolute atomic E-state index is 5.98. The number of benzene rings is 1. The van der Waals surface area contributed by atoms with Gasteiger partial charge in [-0.05, 0) is 6.07 Å². The molecule has 2 N–H and O–H groups in total. The second-order valence-electron chi connectivity index (χ2n) is 3.97. The minimum atomic E-state index is 0.227. The molecule has 2 heterocycles. The molecule has 0 unspecified atom stereocenters. The van der Waals surface area contributed by atoms with E-state index in [-0.39, 0.29) is 6.79 Å². The Kier molecular flexibility index (Phi) is 2.29. The molecule has 18 heavy (non-hydrogen) atoms. The summed E-state index contributed by atoms with van der Waals surface area (Å²) in [4.78, 5) is 0. The van der Waals surface area contributed by atoms with Crippen molar-refractivity contribution in [1.82, 2.24) is 9.78 Å². The van der Waals surface area contributed by atoms with Gasteiger partial charge in [-0.2, -0.15) is 5.10 Å². The second kappa shape index (κ2) is 3.83. The third kappa shape index (κ3) is 1.46. The fourth-order valence-electron chi connectivity index (χ4n) is 1.96. The van der Waals surface area contributed by atoms with Crippen LogP contribution in [-0.4, -0.2) is 23.7 Å². The van der Waals surface area contributed by atoms with Gasteiger partial charge in [0.15, 0.2) is 11.5 Å². The Bertz CT molecular complexity index is 607. The van der Waals surface area contributed by atoms with Crippen LogP contribution in [0.4, 0.5) is 5.82 Å². The molecule has 0 fully saturated rings. The highest BCUT2D eigenvalue weighted by Crippen LogP contribution is 2.43. The molecule has 0 bridgehead atoms. The van der Waals surface area contributed by atoms with E-state index in [1.54, 1.807) is 31.1 Å². The lowest BCUT2D eigenvalue weighted by molar-refractivity contribution is 0.174. The molecule has 2 aromatic rings. The number of hydrogen-bond acceptors (Lipinski definition) is 5. The van der Waals surface area contributed by atoms with Gasteiger partial charge in [0.1, 0.15) is 11.6 Å². The molecule has 3 rings (SSSR count). The number of rotatable bonds is 2. The quantitative estimate of drug-likeness (QED) is 0.868. The van der Waals surface area contributed by atoms with Gasteiger partial charge in [-0.3, -0.25) is 4.68 Å². The summed E-state index contributed by atoms with van der Waals surface area (Å²) in [6.45, 7) is 0.227. The Morgan fingerprint density at radius 2 is 2.00 bits per heavy atom. The van der Waals surface area contributed by atoms with E-state index >= 15 is 0 Å². The summed E-state index contributed by atoms with van der Waals surface area (Å²) in [7, 11) is 3.39. The first-order valence-corrected chi connectivity index (χ1v) is 5.46. The number of nitrogens with zero attached hydrogens (tertiary/aromatic N) is 2. The van der Waals surface area contributed by atoms with Crippen LogP contribution in [0.2, 0.25) is 0 Å². The molecule has 0 amide bonds. The molecule has 0 atom stereocenters. The van der Waals surface area contributed by atoms with Crippen LogP contribution in [0.25, 0.3) is 11.1 Å². The number of anilines is 1. The number of nitrogens with two attached hydrogens (primary N) is 1. The molecule has 0 aliphatic carbocycles. The molecule has 1 aromatic heterocycles. The first-order valence-electron chi connectivity index (χ1n) is 5.46. The number of methoxy groups -OCH3 is 1. The Balaban J connectivity index is 2.19. The van der Waals surface area contributed by atoms with Gasteiger partial charge in [-0.25, -0.2) is 0 Å². The molecule has 0 radical (unpaired) electrons. The molecule has 94 valence electrons. The van der Waals surface area contributed by atoms with Crippen molar-refractivity contribution in [1.29, 1.82) is 0 Å². The summed E-state index contributed by atoms with van der Waals surface area (Å²) in [6.07, 6.45) is 1.70. The van der Waals surface area contributed by atoms with Crippen LogP contribution >= 0.6 is 0 Å². The van der Waals surface area contributed by atoms with Crippen LogP contribution in [0.15, 0.2) is 18.3 Å². The van der Waals surface area contributed by atoms with Crippen molar-refractivity contribution in [2.45, 2.75) is 0 Å². The number of nitrogen functional groups attached to an aromatic ring is 1. The van der Waals surface area contributed by atoms with Crippen LogP contribution in [0, 0.1) is 0 Å². The minimum absolute atomic E-state index is 0.227. The lowest BCUT2D eigenvalue weighted by Gasteiger charge is -2.09. The van der Waals surface area contributed by atoms with E-state index in [2.05, 4.69) is 5.10 Å². The van der Waals surface area contributed by atoms with E-state index in [4.69, 9.17) is 19.9 Å². The highest BCUT2D eigenvalue weighted by Gasteiger charge is 2.20. The van der Waals surface area contributed by atoms with Crippen LogP contribution in [0.5, 0.6) is 17.2 Å². The minimum Gasteiger partial charge on any atom is -0.496 e. The summed E-state index contributed by atoms with van der Waals surface area (Å²) >= 11 is 0. The molecule has 0 spiro atoms. The Labute approximate surface area is 104 Å². The fraction of sp³-hybridized carbons (Fsp3) is 0.250. The van der Waals surface area contributed by atoms with Gasteiger partial charge >= 0.3 is 0 Å². The van der Waals surface area contributed by atoms with Crippen LogP contribution in [0.3, 0.4) is 0 Å². The first kappa shape index (κ1) is 10.8. The van der Waals surface area contributed by atoms with Gasteiger partial charge in [0.05, 0.1) is 13.3 Å². The summed E-state index contributed by atoms with van der Waals surface area (Å²) in [5.41, 5.74) is 7.63. The van der Waals surface area contributed by atoms with E-state index in [0.717, 1.165) is 11.1 Å². The Morgan fingerprint density at radius 3 is 2.61 bits per heavy atom. The SMILES string of the molecule is COc1cc2c(cc1-c1cnn(C)c1N)OCO2. The van der Waals surface area contributed by atoms with Crippen LogP contribution in [0.1, 0.15) is 0 Å². The topological polar surface area (TPSA) is 71.5 Å². The fourth-order valence-corrected chi connectivity index (χ4v) is 1.96. The van der Waals surface area contributed by atoms with E-state index in [1.165, 1.54) is 0 Å². The van der Waals surface area contributed by atoms with E-state index < -0.39 is 0 Å². The molecule has 0 saturated carbocycles. The summed E-state index contributed by atoms with van der Waals surface area (Å²) in [6, 6.07) is 3.65. The zero-order valence-corrected chi connectivity index (χ0v) is 10.1. The highest BCUT2D eigenvalue weighted by atomic mass is 16.7. The van der Waals surface area contributed by atoms with E-state index in [1.807, 2.05) is 6.07 Å². The average Bonchev–Trinajstić information content (AvgIpc) is 2.95. The van der Waals surface area contributed by atoms with Gasteiger partial charge in [-0.1, -0.05) is 0 Å². The molecule has 6 nitrogen and oxygen atoms in total. The summed E-state index contributed by atoms with van der Waals surface area (Å²) in [5.74, 6) is 2.62. The van der Waals surface area contributed by atoms with Crippen molar-refractivity contribution in [2.75, 3.05) is 19.6 Å². The third-order valence-electron chi connectivity index (χ3n) is 2.97. The standard InChI is InChI=1S/C12H13N3O3/c1-15-12(13)8(5-14-15)7-3-10-11(18-6-17-10)4-9(7)16-2/h3-5H,6,13H2,1-2H3. The monoisotopic (exact) mass is 247 g/mol. The molecule has 6 heteroatoms. The van der Waals surface area contributed by atoms with Crippen molar-refractivity contribution >= 4 is 5.82 Å². The number of fused-ring (bicyclic) bond motifs is 1. The largest absolute Gasteiger partial charge is 0.496 e. The van der Waals surface area contributed by atoms with E-state index in [9.17, 15) is 0 Å². The molecule has 1 aliphatic heterocycles. The molecule has 0 saturated heterocycles. The van der Waals surface area contributed by atoms with Crippen molar-refractivity contribution in [2.24, 2.45) is 7.05 Å². The number of aryl methyl sites for hydroxylation is 1. The lowest BCUT2D eigenvalue weighted by atomic mass is 10.1.